The molecule has 16 N–H and O–H groups in total. The van der Waals surface area contributed by atoms with E-state index in [-0.39, 0.29) is 28.8 Å². The molecule has 7 aliphatic heterocycles. The number of hydrogen-bond donors (Lipinski definition) is 16. The second kappa shape index (κ2) is 25.2. The lowest BCUT2D eigenvalue weighted by molar-refractivity contribution is -0.406. The molecule has 4 saturated carbocycles. The van der Waals surface area contributed by atoms with Crippen molar-refractivity contribution in [3.8, 4) is 0 Å². The van der Waals surface area contributed by atoms with Crippen molar-refractivity contribution in [1.29, 1.82) is 0 Å². The molecule has 28 heteroatoms. The van der Waals surface area contributed by atoms with Gasteiger partial charge in [0, 0.05) is 12.3 Å². The number of fused-ring (bicyclic) bond motifs is 7. The first kappa shape index (κ1) is 64.4. The summed E-state index contributed by atoms with van der Waals surface area (Å²) in [6.45, 7) is 5.83. The molecule has 11 fully saturated rings. The van der Waals surface area contributed by atoms with Crippen molar-refractivity contribution in [3.05, 3.63) is 0 Å². The summed E-state index contributed by atoms with van der Waals surface area (Å²) in [6, 6.07) is 0. The van der Waals surface area contributed by atoms with E-state index in [1.165, 1.54) is 0 Å². The van der Waals surface area contributed by atoms with E-state index >= 15 is 0 Å². The van der Waals surface area contributed by atoms with Crippen LogP contribution in [0.3, 0.4) is 0 Å². The van der Waals surface area contributed by atoms with Gasteiger partial charge in [0.2, 0.25) is 0 Å². The number of aliphatic hydroxyl groups is 16. The maximum Gasteiger partial charge on any atom is 0.187 e. The summed E-state index contributed by atoms with van der Waals surface area (Å²) >= 11 is 0. The minimum absolute atomic E-state index is 0.0503. The molecule has 28 nitrogen and oxygen atoms in total. The van der Waals surface area contributed by atoms with E-state index in [2.05, 4.69) is 27.7 Å². The minimum Gasteiger partial charge on any atom is -0.394 e. The molecule has 84 heavy (non-hydrogen) atoms. The summed E-state index contributed by atoms with van der Waals surface area (Å²) in [4.78, 5) is 0. The molecule has 1 spiro atoms. The molecule has 0 amide bonds. The van der Waals surface area contributed by atoms with Crippen molar-refractivity contribution < 1.29 is 139 Å². The molecule has 4 aliphatic carbocycles. The number of hydrogen-bond acceptors (Lipinski definition) is 28. The van der Waals surface area contributed by atoms with Crippen LogP contribution >= 0.6 is 0 Å². The molecule has 0 bridgehead atoms. The predicted molar refractivity (Wildman–Crippen MR) is 276 cm³/mol. The van der Waals surface area contributed by atoms with Gasteiger partial charge in [-0.25, -0.2) is 0 Å². The molecule has 484 valence electrons. The third-order valence-corrected chi connectivity index (χ3v) is 22.2. The van der Waals surface area contributed by atoms with Gasteiger partial charge in [0.05, 0.1) is 58.0 Å². The smallest absolute Gasteiger partial charge is 0.187 e. The van der Waals surface area contributed by atoms with Gasteiger partial charge in [-0.15, -0.1) is 0 Å². The van der Waals surface area contributed by atoms with Gasteiger partial charge in [-0.3, -0.25) is 0 Å². The zero-order valence-corrected chi connectivity index (χ0v) is 47.8. The molecular weight excluding hydrogens is 1120 g/mol. The Bertz CT molecular complexity index is 2180. The lowest BCUT2D eigenvalue weighted by atomic mass is 9.43. The fourth-order valence-corrected chi connectivity index (χ4v) is 17.4. The average molecular weight is 1210 g/mol. The van der Waals surface area contributed by atoms with Crippen molar-refractivity contribution in [3.63, 3.8) is 0 Å². The van der Waals surface area contributed by atoms with Crippen LogP contribution in [0.4, 0.5) is 0 Å². The van der Waals surface area contributed by atoms with Gasteiger partial charge in [-0.2, -0.15) is 0 Å². The maximum atomic E-state index is 12.2. The first-order valence-corrected chi connectivity index (χ1v) is 30.3. The molecule has 7 saturated heterocycles. The summed E-state index contributed by atoms with van der Waals surface area (Å²) in [5.41, 5.74) is -0.171. The van der Waals surface area contributed by atoms with Crippen LogP contribution in [-0.4, -0.2) is 293 Å². The summed E-state index contributed by atoms with van der Waals surface area (Å²) < 4.78 is 72.9. The molecule has 0 aromatic carbocycles. The van der Waals surface area contributed by atoms with E-state index in [9.17, 15) is 81.7 Å². The van der Waals surface area contributed by atoms with Gasteiger partial charge in [0.25, 0.3) is 0 Å². The topological polar surface area (TPSA) is 434 Å². The fraction of sp³-hybridized carbons (Fsp3) is 1.00. The second-order valence-electron chi connectivity index (χ2n) is 26.8. The number of aliphatic hydroxyl groups excluding tert-OH is 16. The molecule has 37 atom stereocenters. The van der Waals surface area contributed by atoms with Crippen molar-refractivity contribution in [2.24, 2.45) is 52.3 Å². The van der Waals surface area contributed by atoms with Crippen LogP contribution in [0.5, 0.6) is 0 Å². The van der Waals surface area contributed by atoms with E-state index in [4.69, 9.17) is 56.8 Å². The summed E-state index contributed by atoms with van der Waals surface area (Å²) in [6.07, 6.45) is -37.5. The summed E-state index contributed by atoms with van der Waals surface area (Å²) in [5.74, 6) is 1.51. The zero-order valence-electron chi connectivity index (χ0n) is 47.8. The van der Waals surface area contributed by atoms with Crippen LogP contribution in [0, 0.1) is 52.3 Å². The van der Waals surface area contributed by atoms with Crippen LogP contribution in [0.15, 0.2) is 0 Å². The normalized spacial score (nSPS) is 57.7. The molecule has 7 heterocycles. The standard InChI is InChI=1S/C56H92O28/c1-20-5-10-56(74-18-20)21(2)34-28(84-56)13-25-23-12-27(61)26-11-22(6-8-54(26,3)24(23)7-9-55(25,34)4)75-50-45(72)41(68)46(32(17-60)79-50)81-53-48(83-52-44(71)40(67)36(63)30(15-58)77-52)47(38(65)31(16-59)78-53)82-49-42(69)37(64)33(19-73-49)80-51-43(70)39(66)35(62)29(14-57)76-51/h20-53,57-72H,5-19H2,1-4H3. The first-order chi connectivity index (χ1) is 39.9. The molecule has 11 aliphatic rings. The van der Waals surface area contributed by atoms with Crippen LogP contribution in [0.1, 0.15) is 85.5 Å². The number of rotatable bonds is 14. The van der Waals surface area contributed by atoms with Crippen molar-refractivity contribution in [1.82, 2.24) is 0 Å². The molecule has 0 aromatic heterocycles. The Balaban J connectivity index is 0.769. The van der Waals surface area contributed by atoms with Crippen molar-refractivity contribution in [2.45, 2.75) is 257 Å². The van der Waals surface area contributed by atoms with Gasteiger partial charge in [0.15, 0.2) is 37.2 Å². The van der Waals surface area contributed by atoms with Crippen LogP contribution in [0.25, 0.3) is 0 Å². The van der Waals surface area contributed by atoms with E-state index < -0.39 is 198 Å². The Morgan fingerprint density at radius 3 is 1.62 bits per heavy atom. The zero-order chi connectivity index (χ0) is 60.2. The average Bonchev–Trinajstić information content (AvgIpc) is 1.67. The van der Waals surface area contributed by atoms with Crippen LogP contribution < -0.4 is 0 Å². The highest BCUT2D eigenvalue weighted by molar-refractivity contribution is 5.17. The Kier molecular flexibility index (Phi) is 19.3. The van der Waals surface area contributed by atoms with Gasteiger partial charge < -0.3 is 139 Å². The molecule has 0 radical (unpaired) electrons. The summed E-state index contributed by atoms with van der Waals surface area (Å²) in [7, 11) is 0. The highest BCUT2D eigenvalue weighted by Crippen LogP contribution is 2.71. The van der Waals surface area contributed by atoms with Crippen LogP contribution in [-0.2, 0) is 56.8 Å². The van der Waals surface area contributed by atoms with Gasteiger partial charge in [0.1, 0.15) is 116 Å². The Hall–Kier alpha value is -1.12. The maximum absolute atomic E-state index is 12.2. The minimum atomic E-state index is -2.09. The van der Waals surface area contributed by atoms with E-state index in [1.54, 1.807) is 0 Å². The third kappa shape index (κ3) is 11.2. The molecule has 11 rings (SSSR count). The molecular formula is C56H92O28. The Labute approximate surface area is 486 Å². The van der Waals surface area contributed by atoms with Gasteiger partial charge in [-0.05, 0) is 97.7 Å². The van der Waals surface area contributed by atoms with E-state index in [0.717, 1.165) is 32.1 Å². The predicted octanol–water partition coefficient (Wildman–Crippen LogP) is -5.48. The fourth-order valence-electron chi connectivity index (χ4n) is 17.4. The summed E-state index contributed by atoms with van der Waals surface area (Å²) in [5, 5.41) is 175. The van der Waals surface area contributed by atoms with Gasteiger partial charge >= 0.3 is 0 Å². The highest BCUT2D eigenvalue weighted by atomic mass is 16.8. The largest absolute Gasteiger partial charge is 0.394 e. The lowest BCUT2D eigenvalue weighted by Crippen LogP contribution is -2.68. The molecule has 0 aromatic rings. The van der Waals surface area contributed by atoms with Crippen LogP contribution in [0.2, 0.25) is 0 Å². The SMILES string of the molecule is CC1CCC2(OC1)OC1CC3C4CC(O)C5CC(OC6OC(CO)C(OC7OC(CO)C(O)C(OC8OCC(OC9OC(CO)C(O)C(O)C9O)C(O)C8O)C7OC7OC(CO)C(O)C(O)C7O)C(O)C6O)CCC5(C)C4CCC3(C)C1C2C. The lowest BCUT2D eigenvalue weighted by Gasteiger charge is -2.62. The highest BCUT2D eigenvalue weighted by Gasteiger charge is 2.70. The molecule has 37 unspecified atom stereocenters. The quantitative estimate of drug-likeness (QED) is 0.0722. The Morgan fingerprint density at radius 2 is 0.988 bits per heavy atom. The second-order valence-corrected chi connectivity index (χ2v) is 26.8. The third-order valence-electron chi connectivity index (χ3n) is 22.2. The van der Waals surface area contributed by atoms with E-state index in [0.29, 0.717) is 61.9 Å². The first-order valence-electron chi connectivity index (χ1n) is 30.3. The van der Waals surface area contributed by atoms with Gasteiger partial charge in [-0.1, -0.05) is 27.7 Å². The van der Waals surface area contributed by atoms with E-state index in [1.807, 2.05) is 0 Å². The monoisotopic (exact) mass is 1210 g/mol. The van der Waals surface area contributed by atoms with Crippen molar-refractivity contribution >= 4 is 0 Å². The number of ether oxygens (including phenoxy) is 12. The van der Waals surface area contributed by atoms with Crippen molar-refractivity contribution in [2.75, 3.05) is 39.6 Å². The Morgan fingerprint density at radius 1 is 0.440 bits per heavy atom.